The SMILES string of the molecule is COC(=O)c1cc(Cl)ccc1OC(=O)COc1ccc(C)cc1. The third kappa shape index (κ3) is 4.72. The van der Waals surface area contributed by atoms with E-state index < -0.39 is 11.9 Å². The first-order valence-corrected chi connectivity index (χ1v) is 7.15. The summed E-state index contributed by atoms with van der Waals surface area (Å²) >= 11 is 5.84. The molecule has 6 heteroatoms. The molecule has 0 unspecified atom stereocenters. The van der Waals surface area contributed by atoms with E-state index in [1.807, 2.05) is 19.1 Å². The molecule has 0 saturated carbocycles. The fourth-order valence-electron chi connectivity index (χ4n) is 1.79. The average molecular weight is 335 g/mol. The van der Waals surface area contributed by atoms with E-state index >= 15 is 0 Å². The van der Waals surface area contributed by atoms with Crippen molar-refractivity contribution in [3.8, 4) is 11.5 Å². The van der Waals surface area contributed by atoms with E-state index in [-0.39, 0.29) is 17.9 Å². The zero-order chi connectivity index (χ0) is 16.8. The predicted molar refractivity (Wildman–Crippen MR) is 85.1 cm³/mol. The van der Waals surface area contributed by atoms with Crippen molar-refractivity contribution in [3.63, 3.8) is 0 Å². The molecule has 2 aromatic rings. The fraction of sp³-hybridized carbons (Fsp3) is 0.176. The van der Waals surface area contributed by atoms with Gasteiger partial charge >= 0.3 is 11.9 Å². The second-order valence-electron chi connectivity index (χ2n) is 4.71. The van der Waals surface area contributed by atoms with Crippen molar-refractivity contribution in [2.45, 2.75) is 6.92 Å². The Balaban J connectivity index is 2.02. The molecule has 0 saturated heterocycles. The van der Waals surface area contributed by atoms with E-state index in [1.165, 1.54) is 25.3 Å². The molecule has 0 spiro atoms. The molecule has 0 fully saturated rings. The van der Waals surface area contributed by atoms with Crippen LogP contribution in [-0.2, 0) is 9.53 Å². The van der Waals surface area contributed by atoms with Crippen LogP contribution in [0.5, 0.6) is 11.5 Å². The number of benzene rings is 2. The van der Waals surface area contributed by atoms with Crippen molar-refractivity contribution in [3.05, 3.63) is 58.6 Å². The van der Waals surface area contributed by atoms with Gasteiger partial charge in [-0.2, -0.15) is 0 Å². The van der Waals surface area contributed by atoms with Gasteiger partial charge in [-0.15, -0.1) is 0 Å². The normalized spacial score (nSPS) is 10.0. The van der Waals surface area contributed by atoms with Gasteiger partial charge in [0, 0.05) is 5.02 Å². The lowest BCUT2D eigenvalue weighted by Crippen LogP contribution is -2.19. The van der Waals surface area contributed by atoms with Crippen LogP contribution in [0.25, 0.3) is 0 Å². The summed E-state index contributed by atoms with van der Waals surface area (Å²) in [7, 11) is 1.23. The summed E-state index contributed by atoms with van der Waals surface area (Å²) in [6, 6.07) is 11.6. The highest BCUT2D eigenvalue weighted by Gasteiger charge is 2.17. The minimum atomic E-state index is -0.644. The minimum Gasteiger partial charge on any atom is -0.482 e. The number of carbonyl (C=O) groups excluding carboxylic acids is 2. The number of carbonyl (C=O) groups is 2. The van der Waals surface area contributed by atoms with E-state index in [1.54, 1.807) is 12.1 Å². The predicted octanol–water partition coefficient (Wildman–Crippen LogP) is 3.42. The number of rotatable bonds is 5. The highest BCUT2D eigenvalue weighted by molar-refractivity contribution is 6.31. The highest BCUT2D eigenvalue weighted by Crippen LogP contribution is 2.24. The molecule has 120 valence electrons. The summed E-state index contributed by atoms with van der Waals surface area (Å²) in [5.74, 6) is -0.664. The maximum atomic E-state index is 11.9. The van der Waals surface area contributed by atoms with Crippen molar-refractivity contribution in [1.82, 2.24) is 0 Å². The second kappa shape index (κ2) is 7.65. The molecular formula is C17H15ClO5. The van der Waals surface area contributed by atoms with E-state index in [4.69, 9.17) is 21.1 Å². The van der Waals surface area contributed by atoms with Gasteiger partial charge in [-0.05, 0) is 37.3 Å². The lowest BCUT2D eigenvalue weighted by Gasteiger charge is -2.10. The van der Waals surface area contributed by atoms with Crippen LogP contribution in [0.1, 0.15) is 15.9 Å². The van der Waals surface area contributed by atoms with Gasteiger partial charge in [0.05, 0.1) is 7.11 Å². The van der Waals surface area contributed by atoms with Crippen molar-refractivity contribution < 1.29 is 23.8 Å². The van der Waals surface area contributed by atoms with Crippen LogP contribution in [0, 0.1) is 6.92 Å². The lowest BCUT2D eigenvalue weighted by atomic mass is 10.2. The minimum absolute atomic E-state index is 0.0683. The van der Waals surface area contributed by atoms with Crippen LogP contribution in [0.3, 0.4) is 0 Å². The number of methoxy groups -OCH3 is 1. The number of halogens is 1. The third-order valence-electron chi connectivity index (χ3n) is 2.95. The summed E-state index contributed by atoms with van der Waals surface area (Å²) in [6.07, 6.45) is 0. The number of hydrogen-bond acceptors (Lipinski definition) is 5. The molecular weight excluding hydrogens is 320 g/mol. The Morgan fingerprint density at radius 1 is 1.09 bits per heavy atom. The van der Waals surface area contributed by atoms with Crippen molar-refractivity contribution in [2.75, 3.05) is 13.7 Å². The molecule has 2 aromatic carbocycles. The van der Waals surface area contributed by atoms with E-state index in [0.29, 0.717) is 10.8 Å². The Morgan fingerprint density at radius 3 is 2.43 bits per heavy atom. The molecule has 2 rings (SSSR count). The van der Waals surface area contributed by atoms with E-state index in [9.17, 15) is 9.59 Å². The molecule has 0 amide bonds. The first-order valence-electron chi connectivity index (χ1n) is 6.77. The molecule has 0 N–H and O–H groups in total. The maximum absolute atomic E-state index is 11.9. The number of aryl methyl sites for hydroxylation is 1. The Kier molecular flexibility index (Phi) is 5.60. The number of ether oxygens (including phenoxy) is 3. The zero-order valence-electron chi connectivity index (χ0n) is 12.7. The standard InChI is InChI=1S/C17H15ClO5/c1-11-3-6-13(7-4-11)22-10-16(19)23-15-8-5-12(18)9-14(15)17(20)21-2/h3-9H,10H2,1-2H3. The third-order valence-corrected chi connectivity index (χ3v) is 3.18. The van der Waals surface area contributed by atoms with Gasteiger partial charge in [-0.1, -0.05) is 29.3 Å². The topological polar surface area (TPSA) is 61.8 Å². The van der Waals surface area contributed by atoms with Crippen LogP contribution in [0.15, 0.2) is 42.5 Å². The monoisotopic (exact) mass is 334 g/mol. The van der Waals surface area contributed by atoms with Crippen LogP contribution in [0.4, 0.5) is 0 Å². The van der Waals surface area contributed by atoms with E-state index in [2.05, 4.69) is 4.74 Å². The molecule has 0 aliphatic rings. The van der Waals surface area contributed by atoms with Crippen molar-refractivity contribution in [1.29, 1.82) is 0 Å². The summed E-state index contributed by atoms with van der Waals surface area (Å²) in [4.78, 5) is 23.5. The average Bonchev–Trinajstić information content (AvgIpc) is 2.55. The van der Waals surface area contributed by atoms with Gasteiger partial charge in [0.15, 0.2) is 6.61 Å². The molecule has 5 nitrogen and oxygen atoms in total. The summed E-state index contributed by atoms with van der Waals surface area (Å²) in [6.45, 7) is 1.67. The molecule has 0 aromatic heterocycles. The van der Waals surface area contributed by atoms with Crippen molar-refractivity contribution in [2.24, 2.45) is 0 Å². The van der Waals surface area contributed by atoms with E-state index in [0.717, 1.165) is 5.56 Å². The quantitative estimate of drug-likeness (QED) is 0.619. The lowest BCUT2D eigenvalue weighted by molar-refractivity contribution is -0.136. The fourth-order valence-corrected chi connectivity index (χ4v) is 1.96. The molecule has 0 radical (unpaired) electrons. The Hall–Kier alpha value is -2.53. The van der Waals surface area contributed by atoms with Gasteiger partial charge in [0.2, 0.25) is 0 Å². The van der Waals surface area contributed by atoms with Crippen LogP contribution in [-0.4, -0.2) is 25.7 Å². The molecule has 0 aliphatic carbocycles. The first kappa shape index (κ1) is 16.8. The van der Waals surface area contributed by atoms with Gasteiger partial charge in [0.1, 0.15) is 17.1 Å². The van der Waals surface area contributed by atoms with Crippen molar-refractivity contribution >= 4 is 23.5 Å². The van der Waals surface area contributed by atoms with Gasteiger partial charge in [-0.3, -0.25) is 0 Å². The maximum Gasteiger partial charge on any atom is 0.349 e. The Bertz CT molecular complexity index is 709. The second-order valence-corrected chi connectivity index (χ2v) is 5.14. The molecule has 0 heterocycles. The summed E-state index contributed by atoms with van der Waals surface area (Å²) < 4.78 is 15.1. The summed E-state index contributed by atoms with van der Waals surface area (Å²) in [5, 5.41) is 0.334. The highest BCUT2D eigenvalue weighted by atomic mass is 35.5. The largest absolute Gasteiger partial charge is 0.482 e. The summed E-state index contributed by atoms with van der Waals surface area (Å²) in [5.41, 5.74) is 1.16. The van der Waals surface area contributed by atoms with Gasteiger partial charge in [-0.25, -0.2) is 9.59 Å². The Labute approximate surface area is 138 Å². The number of esters is 2. The molecule has 0 bridgehead atoms. The smallest absolute Gasteiger partial charge is 0.349 e. The molecule has 0 atom stereocenters. The van der Waals surface area contributed by atoms with Crippen LogP contribution in [0.2, 0.25) is 5.02 Å². The number of hydrogen-bond donors (Lipinski definition) is 0. The van der Waals surface area contributed by atoms with Crippen LogP contribution < -0.4 is 9.47 Å². The molecule has 0 aliphatic heterocycles. The molecule has 23 heavy (non-hydrogen) atoms. The van der Waals surface area contributed by atoms with Crippen LogP contribution >= 0.6 is 11.6 Å². The van der Waals surface area contributed by atoms with Gasteiger partial charge in [0.25, 0.3) is 0 Å². The van der Waals surface area contributed by atoms with Gasteiger partial charge < -0.3 is 14.2 Å². The Morgan fingerprint density at radius 2 is 1.78 bits per heavy atom. The zero-order valence-corrected chi connectivity index (χ0v) is 13.4. The first-order chi connectivity index (χ1) is 11.0.